The van der Waals surface area contributed by atoms with Gasteiger partial charge in [0, 0.05) is 12.8 Å². The van der Waals surface area contributed by atoms with Gasteiger partial charge in [-0.25, -0.2) is 0 Å². The van der Waals surface area contributed by atoms with Crippen LogP contribution in [0.15, 0.2) is 24.3 Å². The Hall–Kier alpha value is -2.35. The van der Waals surface area contributed by atoms with Crippen molar-refractivity contribution in [2.45, 2.75) is 65.2 Å². The van der Waals surface area contributed by atoms with Gasteiger partial charge >= 0.3 is 11.9 Å². The number of hydrogen-bond donors (Lipinski definition) is 0. The molecule has 0 aliphatic heterocycles. The van der Waals surface area contributed by atoms with Crippen LogP contribution in [0.2, 0.25) is 0 Å². The van der Waals surface area contributed by atoms with Gasteiger partial charge in [-0.05, 0) is 43.0 Å². The Morgan fingerprint density at radius 3 is 2.00 bits per heavy atom. The van der Waals surface area contributed by atoms with Crippen LogP contribution >= 0.6 is 0 Å². The molecule has 1 aromatic carbocycles. The highest BCUT2D eigenvalue weighted by Gasteiger charge is 2.06. The van der Waals surface area contributed by atoms with E-state index in [4.69, 9.17) is 14.7 Å². The summed E-state index contributed by atoms with van der Waals surface area (Å²) < 4.78 is 10.4. The van der Waals surface area contributed by atoms with E-state index in [1.54, 1.807) is 24.3 Å². The van der Waals surface area contributed by atoms with E-state index in [1.165, 1.54) is 0 Å². The molecule has 5 nitrogen and oxygen atoms in total. The van der Waals surface area contributed by atoms with E-state index in [0.29, 0.717) is 36.7 Å². The maximum atomic E-state index is 11.7. The Kier molecular flexibility index (Phi) is 10.8. The second kappa shape index (κ2) is 12.9. The van der Waals surface area contributed by atoms with Gasteiger partial charge in [0.15, 0.2) is 0 Å². The molecule has 1 aromatic rings. The molecular weight excluding hydrogens is 330 g/mol. The lowest BCUT2D eigenvalue weighted by Crippen LogP contribution is -2.09. The number of ether oxygens (including phenoxy) is 2. The molecule has 0 unspecified atom stereocenters. The van der Waals surface area contributed by atoms with Crippen LogP contribution < -0.4 is 4.74 Å². The van der Waals surface area contributed by atoms with Gasteiger partial charge in [0.05, 0.1) is 18.2 Å². The van der Waals surface area contributed by atoms with Gasteiger partial charge in [-0.2, -0.15) is 5.26 Å². The van der Waals surface area contributed by atoms with Crippen molar-refractivity contribution in [3.05, 3.63) is 29.8 Å². The fourth-order valence-corrected chi connectivity index (χ4v) is 2.36. The van der Waals surface area contributed by atoms with Gasteiger partial charge in [-0.3, -0.25) is 9.59 Å². The zero-order valence-corrected chi connectivity index (χ0v) is 15.8. The standard InChI is InChI=1S/C21H29NO4/c1-17(2)16-25-20(23)9-7-5-3-4-6-8-10-21(24)26-19-13-11-18(15-22)12-14-19/h11-14,17H,3-10,16H2,1-2H3. The smallest absolute Gasteiger partial charge is 0.311 e. The van der Waals surface area contributed by atoms with Gasteiger partial charge in [-0.1, -0.05) is 39.5 Å². The summed E-state index contributed by atoms with van der Waals surface area (Å²) in [4.78, 5) is 23.2. The molecule has 0 fully saturated rings. The molecule has 0 bridgehead atoms. The highest BCUT2D eigenvalue weighted by Crippen LogP contribution is 2.14. The molecule has 0 aliphatic rings. The third kappa shape index (κ3) is 10.5. The van der Waals surface area contributed by atoms with Crippen molar-refractivity contribution in [2.75, 3.05) is 6.61 Å². The molecule has 0 saturated heterocycles. The zero-order chi connectivity index (χ0) is 19.2. The largest absolute Gasteiger partial charge is 0.465 e. The highest BCUT2D eigenvalue weighted by atomic mass is 16.5. The first-order valence-electron chi connectivity index (χ1n) is 9.37. The van der Waals surface area contributed by atoms with E-state index in [2.05, 4.69) is 0 Å². The van der Waals surface area contributed by atoms with E-state index in [1.807, 2.05) is 19.9 Å². The Bertz CT molecular complexity index is 587. The van der Waals surface area contributed by atoms with Crippen LogP contribution in [0.5, 0.6) is 5.75 Å². The van der Waals surface area contributed by atoms with Gasteiger partial charge in [0.1, 0.15) is 5.75 Å². The van der Waals surface area contributed by atoms with Crippen molar-refractivity contribution in [1.82, 2.24) is 0 Å². The molecule has 1 rings (SSSR count). The van der Waals surface area contributed by atoms with Crippen LogP contribution in [0, 0.1) is 17.2 Å². The molecule has 0 heterocycles. The number of esters is 2. The van der Waals surface area contributed by atoms with Crippen LogP contribution in [0.25, 0.3) is 0 Å². The number of unbranched alkanes of at least 4 members (excludes halogenated alkanes) is 5. The van der Waals surface area contributed by atoms with Crippen LogP contribution in [0.4, 0.5) is 0 Å². The second-order valence-corrected chi connectivity index (χ2v) is 6.81. The summed E-state index contributed by atoms with van der Waals surface area (Å²) in [6, 6.07) is 8.53. The summed E-state index contributed by atoms with van der Waals surface area (Å²) in [7, 11) is 0. The lowest BCUT2D eigenvalue weighted by atomic mass is 10.1. The summed E-state index contributed by atoms with van der Waals surface area (Å²) in [5.41, 5.74) is 0.540. The van der Waals surface area contributed by atoms with Crippen LogP contribution in [0.3, 0.4) is 0 Å². The van der Waals surface area contributed by atoms with Crippen molar-refractivity contribution in [3.8, 4) is 11.8 Å². The molecule has 0 spiro atoms. The minimum Gasteiger partial charge on any atom is -0.465 e. The molecule has 0 aliphatic carbocycles. The van der Waals surface area contributed by atoms with Crippen molar-refractivity contribution in [2.24, 2.45) is 5.92 Å². The minimum absolute atomic E-state index is 0.107. The number of nitriles is 1. The van der Waals surface area contributed by atoms with Crippen LogP contribution in [-0.4, -0.2) is 18.5 Å². The van der Waals surface area contributed by atoms with E-state index in [0.717, 1.165) is 38.5 Å². The molecule has 0 atom stereocenters. The molecule has 0 radical (unpaired) electrons. The van der Waals surface area contributed by atoms with Crippen molar-refractivity contribution < 1.29 is 19.1 Å². The summed E-state index contributed by atoms with van der Waals surface area (Å²) in [6.45, 7) is 4.54. The van der Waals surface area contributed by atoms with Gasteiger partial charge in [0.2, 0.25) is 0 Å². The first-order chi connectivity index (χ1) is 12.5. The molecule has 0 saturated carbocycles. The average Bonchev–Trinajstić information content (AvgIpc) is 2.62. The van der Waals surface area contributed by atoms with E-state index < -0.39 is 0 Å². The monoisotopic (exact) mass is 359 g/mol. The Morgan fingerprint density at radius 2 is 1.46 bits per heavy atom. The fourth-order valence-electron chi connectivity index (χ4n) is 2.36. The normalized spacial score (nSPS) is 10.4. The zero-order valence-electron chi connectivity index (χ0n) is 15.8. The average molecular weight is 359 g/mol. The lowest BCUT2D eigenvalue weighted by Gasteiger charge is -2.07. The quantitative estimate of drug-likeness (QED) is 0.305. The molecule has 0 amide bonds. The third-order valence-corrected chi connectivity index (χ3v) is 3.80. The fraction of sp³-hybridized carbons (Fsp3) is 0.571. The Balaban J connectivity index is 1.99. The Morgan fingerprint density at radius 1 is 0.923 bits per heavy atom. The molecule has 5 heteroatoms. The number of benzene rings is 1. The van der Waals surface area contributed by atoms with E-state index >= 15 is 0 Å². The van der Waals surface area contributed by atoms with Crippen LogP contribution in [-0.2, 0) is 14.3 Å². The first kappa shape index (κ1) is 21.7. The summed E-state index contributed by atoms with van der Waals surface area (Å²) in [6.07, 6.45) is 6.62. The maximum Gasteiger partial charge on any atom is 0.311 e. The van der Waals surface area contributed by atoms with Gasteiger partial charge in [-0.15, -0.1) is 0 Å². The number of carbonyl (C=O) groups is 2. The maximum absolute atomic E-state index is 11.7. The van der Waals surface area contributed by atoms with E-state index in [9.17, 15) is 9.59 Å². The SMILES string of the molecule is CC(C)COC(=O)CCCCCCCCC(=O)Oc1ccc(C#N)cc1. The van der Waals surface area contributed by atoms with Gasteiger partial charge in [0.25, 0.3) is 0 Å². The number of hydrogen-bond acceptors (Lipinski definition) is 5. The number of carbonyl (C=O) groups excluding carboxylic acids is 2. The molecular formula is C21H29NO4. The molecule has 0 aromatic heterocycles. The first-order valence-corrected chi connectivity index (χ1v) is 9.37. The summed E-state index contributed by atoms with van der Waals surface area (Å²) in [5.74, 6) is 0.493. The predicted octanol–water partition coefficient (Wildman–Crippen LogP) is 4.78. The predicted molar refractivity (Wildman–Crippen MR) is 99.5 cm³/mol. The molecule has 0 N–H and O–H groups in total. The Labute approximate surface area is 156 Å². The van der Waals surface area contributed by atoms with E-state index in [-0.39, 0.29) is 11.9 Å². The summed E-state index contributed by atoms with van der Waals surface area (Å²) >= 11 is 0. The molecule has 26 heavy (non-hydrogen) atoms. The summed E-state index contributed by atoms with van der Waals surface area (Å²) in [5, 5.41) is 8.72. The second-order valence-electron chi connectivity index (χ2n) is 6.81. The van der Waals surface area contributed by atoms with Crippen molar-refractivity contribution in [1.29, 1.82) is 5.26 Å². The highest BCUT2D eigenvalue weighted by molar-refractivity contribution is 5.72. The van der Waals surface area contributed by atoms with Crippen molar-refractivity contribution in [3.63, 3.8) is 0 Å². The van der Waals surface area contributed by atoms with Crippen LogP contribution in [0.1, 0.15) is 70.8 Å². The lowest BCUT2D eigenvalue weighted by molar-refractivity contribution is -0.144. The minimum atomic E-state index is -0.248. The van der Waals surface area contributed by atoms with Crippen molar-refractivity contribution >= 4 is 11.9 Å². The van der Waals surface area contributed by atoms with Gasteiger partial charge < -0.3 is 9.47 Å². The number of nitrogens with zero attached hydrogens (tertiary/aromatic N) is 1. The third-order valence-electron chi connectivity index (χ3n) is 3.80. The number of rotatable bonds is 12. The molecule has 142 valence electrons. The topological polar surface area (TPSA) is 76.4 Å².